The van der Waals surface area contributed by atoms with E-state index in [-0.39, 0.29) is 63.4 Å². The molecule has 0 saturated carbocycles. The summed E-state index contributed by atoms with van der Waals surface area (Å²) in [7, 11) is 18.2. The lowest BCUT2D eigenvalue weighted by atomic mass is 10.0. The molecule has 0 aliphatic rings. The van der Waals surface area contributed by atoms with E-state index in [1.54, 1.807) is 11.9 Å². The summed E-state index contributed by atoms with van der Waals surface area (Å²) < 4.78 is 0. The maximum atomic E-state index is 12.4. The van der Waals surface area contributed by atoms with Crippen molar-refractivity contribution in [1.82, 2.24) is 30.7 Å². The lowest BCUT2D eigenvalue weighted by molar-refractivity contribution is -0.134. The number of rotatable bonds is 19. The van der Waals surface area contributed by atoms with E-state index in [4.69, 9.17) is 23.5 Å². The van der Waals surface area contributed by atoms with Gasteiger partial charge in [0.25, 0.3) is 0 Å². The van der Waals surface area contributed by atoms with Gasteiger partial charge in [-0.15, -0.1) is 0 Å². The molecule has 4 amide bonds. The van der Waals surface area contributed by atoms with Gasteiger partial charge in [-0.3, -0.25) is 24.0 Å². The molecule has 0 fully saturated rings. The maximum Gasteiger partial charge on any atom is 0.239 e. The molecule has 0 aromatic rings. The Balaban J connectivity index is 4.84. The summed E-state index contributed by atoms with van der Waals surface area (Å²) in [5.74, 6) is -1.62. The average Bonchev–Trinajstić information content (AvgIpc) is 2.86. The van der Waals surface area contributed by atoms with Gasteiger partial charge in [-0.25, -0.2) is 0 Å². The Morgan fingerprint density at radius 1 is 0.694 bits per heavy atom. The number of ketones is 1. The molecule has 0 spiro atoms. The number of likely N-dealkylation sites (N-methyl/N-ethyl adjacent to an activating group) is 1. The molecule has 0 atom stereocenters. The molecule has 0 rings (SSSR count). The van der Waals surface area contributed by atoms with E-state index in [2.05, 4.69) is 16.0 Å². The second kappa shape index (κ2) is 19.4. The molecule has 14 heteroatoms. The van der Waals surface area contributed by atoms with Crippen molar-refractivity contribution < 1.29 is 24.0 Å². The fraction of sp³-hybridized carbons (Fsp3) is 0.682. The highest BCUT2D eigenvalue weighted by molar-refractivity contribution is 6.20. The second-order valence-corrected chi connectivity index (χ2v) is 7.95. The summed E-state index contributed by atoms with van der Waals surface area (Å²) in [5.41, 5.74) is 0.771. The van der Waals surface area contributed by atoms with E-state index >= 15 is 0 Å². The Labute approximate surface area is 218 Å². The summed E-state index contributed by atoms with van der Waals surface area (Å²) in [4.78, 5) is 64.1. The molecule has 0 aliphatic heterocycles. The molecule has 0 bridgehead atoms. The summed E-state index contributed by atoms with van der Waals surface area (Å²) >= 11 is 0. The number of nitrogens with zero attached hydrogens (tertiary/aromatic N) is 3. The van der Waals surface area contributed by atoms with Crippen LogP contribution in [0, 0.1) is 0 Å². The SMILES string of the molecule is [B]CC(=O)N(CCNC(=O)CN(CCN/C(=C\C)CN(CCNC)C(=O)C[B])C(=O)C[B])CC(C)=O. The van der Waals surface area contributed by atoms with Crippen LogP contribution in [0.1, 0.15) is 13.8 Å². The zero-order valence-corrected chi connectivity index (χ0v) is 21.7. The molecule has 6 radical (unpaired) electrons. The highest BCUT2D eigenvalue weighted by atomic mass is 16.2. The van der Waals surface area contributed by atoms with Crippen molar-refractivity contribution in [2.75, 3.05) is 66.0 Å². The van der Waals surface area contributed by atoms with Crippen molar-refractivity contribution in [3.8, 4) is 0 Å². The number of Topliss-reactive ketones (excluding diaryl/α,β-unsaturated/α-hetero) is 1. The lowest BCUT2D eigenvalue weighted by Crippen LogP contribution is -2.46. The van der Waals surface area contributed by atoms with Crippen molar-refractivity contribution in [3.05, 3.63) is 11.8 Å². The number of allylic oxidation sites excluding steroid dienone is 1. The van der Waals surface area contributed by atoms with Gasteiger partial charge in [-0.1, -0.05) is 6.08 Å². The molecular weight excluding hydrogens is 461 g/mol. The molecule has 0 saturated heterocycles. The lowest BCUT2D eigenvalue weighted by Gasteiger charge is -2.26. The van der Waals surface area contributed by atoms with Crippen LogP contribution in [0.25, 0.3) is 0 Å². The fourth-order valence-electron chi connectivity index (χ4n) is 3.14. The largest absolute Gasteiger partial charge is 0.385 e. The van der Waals surface area contributed by atoms with Crippen molar-refractivity contribution in [1.29, 1.82) is 0 Å². The van der Waals surface area contributed by atoms with Gasteiger partial charge in [0, 0.05) is 45.0 Å². The van der Waals surface area contributed by atoms with Crippen LogP contribution < -0.4 is 16.0 Å². The molecular formula is C22H37B3N6O5. The summed E-state index contributed by atoms with van der Waals surface area (Å²) in [6, 6.07) is 0. The van der Waals surface area contributed by atoms with Crippen molar-refractivity contribution in [2.24, 2.45) is 0 Å². The predicted octanol–water partition coefficient (Wildman–Crippen LogP) is -2.35. The molecule has 194 valence electrons. The van der Waals surface area contributed by atoms with Crippen LogP contribution in [0.5, 0.6) is 0 Å². The number of nitrogens with one attached hydrogen (secondary N) is 3. The third-order valence-corrected chi connectivity index (χ3v) is 5.11. The van der Waals surface area contributed by atoms with Gasteiger partial charge in [0.2, 0.25) is 23.6 Å². The minimum Gasteiger partial charge on any atom is -0.385 e. The van der Waals surface area contributed by atoms with E-state index in [1.165, 1.54) is 16.7 Å². The Bertz CT molecular complexity index is 768. The first-order valence-corrected chi connectivity index (χ1v) is 11.9. The fourth-order valence-corrected chi connectivity index (χ4v) is 3.14. The molecule has 0 aromatic heterocycles. The predicted molar refractivity (Wildman–Crippen MR) is 141 cm³/mol. The Kier molecular flexibility index (Phi) is 17.9. The van der Waals surface area contributed by atoms with Crippen molar-refractivity contribution in [3.63, 3.8) is 0 Å². The van der Waals surface area contributed by atoms with Crippen molar-refractivity contribution in [2.45, 2.75) is 32.8 Å². The zero-order chi connectivity index (χ0) is 27.5. The Morgan fingerprint density at radius 3 is 1.58 bits per heavy atom. The Morgan fingerprint density at radius 2 is 1.14 bits per heavy atom. The van der Waals surface area contributed by atoms with Gasteiger partial charge in [-0.2, -0.15) is 0 Å². The van der Waals surface area contributed by atoms with Crippen LogP contribution in [0.3, 0.4) is 0 Å². The molecule has 0 aliphatic carbocycles. The standard InChI is InChI=1S/C22H37B3N6O5/c1-4-18(15-30(8-5-26-3)21(35)12-24)27-6-9-31(22(36)13-25)16-19(33)28-7-10-29(14-17(2)32)20(34)11-23/h4,26-27H,5-16H2,1-3H3,(H,28,33)/b18-4-. The monoisotopic (exact) mass is 498 g/mol. The normalized spacial score (nSPS) is 10.9. The summed E-state index contributed by atoms with van der Waals surface area (Å²) in [6.45, 7) is 5.04. The van der Waals surface area contributed by atoms with Gasteiger partial charge in [0.05, 0.1) is 43.2 Å². The number of amides is 4. The van der Waals surface area contributed by atoms with Crippen LogP contribution >= 0.6 is 0 Å². The van der Waals surface area contributed by atoms with E-state index < -0.39 is 17.7 Å². The summed E-state index contributed by atoms with van der Waals surface area (Å²) in [5, 5.41) is 8.81. The van der Waals surface area contributed by atoms with Crippen LogP contribution in [0.4, 0.5) is 0 Å². The molecule has 11 nitrogen and oxygen atoms in total. The molecule has 3 N–H and O–H groups in total. The third kappa shape index (κ3) is 14.0. The number of hydrogen-bond donors (Lipinski definition) is 3. The van der Waals surface area contributed by atoms with Gasteiger partial charge >= 0.3 is 0 Å². The summed E-state index contributed by atoms with van der Waals surface area (Å²) in [6.07, 6.45) is 1.23. The van der Waals surface area contributed by atoms with Crippen LogP contribution in [-0.2, 0) is 24.0 Å². The van der Waals surface area contributed by atoms with Gasteiger partial charge in [0.15, 0.2) is 0 Å². The number of carbonyl (C=O) groups is 5. The van der Waals surface area contributed by atoms with E-state index in [0.717, 1.165) is 5.70 Å². The number of hydrogen-bond acceptors (Lipinski definition) is 7. The minimum absolute atomic E-state index is 0.0914. The highest BCUT2D eigenvalue weighted by Gasteiger charge is 2.18. The van der Waals surface area contributed by atoms with Gasteiger partial charge in [-0.05, 0) is 39.9 Å². The van der Waals surface area contributed by atoms with Crippen molar-refractivity contribution >= 4 is 53.0 Å². The first-order chi connectivity index (χ1) is 17.1. The molecule has 0 heterocycles. The van der Waals surface area contributed by atoms with Crippen LogP contribution in [0.15, 0.2) is 11.8 Å². The first kappa shape index (κ1) is 33.2. The van der Waals surface area contributed by atoms with E-state index in [1.807, 2.05) is 13.0 Å². The topological polar surface area (TPSA) is 131 Å². The van der Waals surface area contributed by atoms with Crippen LogP contribution in [0.2, 0.25) is 19.0 Å². The smallest absolute Gasteiger partial charge is 0.239 e. The molecule has 0 unspecified atom stereocenters. The van der Waals surface area contributed by atoms with E-state index in [9.17, 15) is 24.0 Å². The highest BCUT2D eigenvalue weighted by Crippen LogP contribution is 2.01. The number of carbonyl (C=O) groups excluding carboxylic acids is 5. The zero-order valence-electron chi connectivity index (χ0n) is 21.7. The van der Waals surface area contributed by atoms with Gasteiger partial charge < -0.3 is 30.7 Å². The molecule has 36 heavy (non-hydrogen) atoms. The van der Waals surface area contributed by atoms with E-state index in [0.29, 0.717) is 26.2 Å². The molecule has 0 aromatic carbocycles. The second-order valence-electron chi connectivity index (χ2n) is 7.95. The quantitative estimate of drug-likeness (QED) is 0.170. The third-order valence-electron chi connectivity index (χ3n) is 5.11. The first-order valence-electron chi connectivity index (χ1n) is 11.9. The minimum atomic E-state index is -0.433. The van der Waals surface area contributed by atoms with Gasteiger partial charge in [0.1, 0.15) is 5.78 Å². The Hall–Kier alpha value is -2.76. The maximum absolute atomic E-state index is 12.4. The van der Waals surface area contributed by atoms with Crippen LogP contribution in [-0.4, -0.2) is 134 Å². The average molecular weight is 498 g/mol.